The maximum Gasteiger partial charge on any atom is 0.410 e. The topological polar surface area (TPSA) is 142 Å². The first-order valence-corrected chi connectivity index (χ1v) is 11.4. The molecule has 0 heterocycles. The number of hydrogen-bond donors (Lipinski definition) is 3. The molecule has 2 fully saturated rings. The van der Waals surface area contributed by atoms with E-state index in [4.69, 9.17) is 19.7 Å². The molecule has 2 rings (SSSR count). The monoisotopic (exact) mass is 488 g/mol. The van der Waals surface area contributed by atoms with Gasteiger partial charge in [-0.25, -0.2) is 19.2 Å². The molecule has 0 bridgehead atoms. The summed E-state index contributed by atoms with van der Waals surface area (Å²) in [5, 5.41) is 20.4. The number of aliphatic carboxylic acids is 2. The van der Waals surface area contributed by atoms with Crippen molar-refractivity contribution in [3.05, 3.63) is 0 Å². The lowest BCUT2D eigenvalue weighted by Gasteiger charge is -2.28. The Morgan fingerprint density at radius 1 is 0.853 bits per heavy atom. The second-order valence-electron chi connectivity index (χ2n) is 10.8. The van der Waals surface area contributed by atoms with Crippen LogP contribution in [-0.4, -0.2) is 69.6 Å². The molecule has 0 saturated heterocycles. The molecule has 10 heteroatoms. The largest absolute Gasteiger partial charge is 0.480 e. The van der Waals surface area contributed by atoms with Crippen molar-refractivity contribution in [1.82, 2.24) is 10.2 Å². The average Bonchev–Trinajstić information content (AvgIpc) is 3.51. The van der Waals surface area contributed by atoms with Crippen LogP contribution in [0.3, 0.4) is 0 Å². The minimum absolute atomic E-state index is 0. The molecule has 10 nitrogen and oxygen atoms in total. The molecule has 2 saturated carbocycles. The molecule has 0 aromatic heterocycles. The van der Waals surface area contributed by atoms with E-state index in [0.717, 1.165) is 25.7 Å². The highest BCUT2D eigenvalue weighted by molar-refractivity contribution is 5.80. The number of ether oxygens (including phenoxy) is 2. The van der Waals surface area contributed by atoms with Gasteiger partial charge in [-0.1, -0.05) is 33.1 Å². The zero-order valence-corrected chi connectivity index (χ0v) is 20.8. The van der Waals surface area contributed by atoms with Gasteiger partial charge in [0.25, 0.3) is 0 Å². The van der Waals surface area contributed by atoms with Gasteiger partial charge in [0.2, 0.25) is 0 Å². The van der Waals surface area contributed by atoms with Gasteiger partial charge in [-0.3, -0.25) is 4.90 Å². The van der Waals surface area contributed by atoms with Crippen molar-refractivity contribution < 1.29 is 38.9 Å². The van der Waals surface area contributed by atoms with Crippen LogP contribution in [0.2, 0.25) is 0 Å². The van der Waals surface area contributed by atoms with Crippen LogP contribution in [0.5, 0.6) is 0 Å². The van der Waals surface area contributed by atoms with Crippen LogP contribution in [0.4, 0.5) is 9.59 Å². The standard InChI is InChI=1S/C12H21NO4.C11H19NO4.CH4/c1-12(2,3)17-11(16)13(4)9(10(14)15)7-8-5-6-8;1-11(2,3)16-10(15)12-8(9(13)14)6-7-4-5-7;/h8-9H,5-7H2,1-4H3,(H,14,15);7-8H,4-6H2,1-3H3,(H,12,15)(H,13,14);1H4/t9-;8-;/m00./s1. The van der Waals surface area contributed by atoms with Gasteiger partial charge in [-0.05, 0) is 66.2 Å². The number of likely N-dealkylation sites (N-methyl/N-ethyl adjacent to an activating group) is 1. The fourth-order valence-electron chi connectivity index (χ4n) is 2.91. The number of carboxylic acid groups (broad SMARTS) is 2. The highest BCUT2D eigenvalue weighted by atomic mass is 16.6. The van der Waals surface area contributed by atoms with E-state index in [1.165, 1.54) is 11.9 Å². The Labute approximate surface area is 203 Å². The summed E-state index contributed by atoms with van der Waals surface area (Å²) in [4.78, 5) is 46.3. The summed E-state index contributed by atoms with van der Waals surface area (Å²) < 4.78 is 10.2. The lowest BCUT2D eigenvalue weighted by Crippen LogP contribution is -2.45. The van der Waals surface area contributed by atoms with E-state index in [1.807, 2.05) is 0 Å². The molecule has 34 heavy (non-hydrogen) atoms. The van der Waals surface area contributed by atoms with Gasteiger partial charge in [0, 0.05) is 7.05 Å². The van der Waals surface area contributed by atoms with Gasteiger partial charge in [0.15, 0.2) is 0 Å². The number of amides is 2. The molecule has 0 aliphatic heterocycles. The van der Waals surface area contributed by atoms with E-state index in [0.29, 0.717) is 24.7 Å². The number of carbonyl (C=O) groups is 4. The van der Waals surface area contributed by atoms with E-state index in [-0.39, 0.29) is 7.43 Å². The maximum absolute atomic E-state index is 11.7. The molecule has 2 aliphatic carbocycles. The van der Waals surface area contributed by atoms with Crippen LogP contribution in [0, 0.1) is 11.8 Å². The SMILES string of the molecule is C.CC(C)(C)OC(=O)N[C@@H](CC1CC1)C(=O)O.CN(C(=O)OC(C)(C)C)[C@@H](CC1CC1)C(=O)O. The lowest BCUT2D eigenvalue weighted by atomic mass is 10.1. The number of hydrogen-bond acceptors (Lipinski definition) is 6. The van der Waals surface area contributed by atoms with E-state index < -0.39 is 47.4 Å². The molecule has 0 aromatic carbocycles. The predicted molar refractivity (Wildman–Crippen MR) is 128 cm³/mol. The Morgan fingerprint density at radius 2 is 1.29 bits per heavy atom. The first-order valence-electron chi connectivity index (χ1n) is 11.4. The Kier molecular flexibility index (Phi) is 11.9. The maximum atomic E-state index is 11.7. The van der Waals surface area contributed by atoms with Crippen LogP contribution < -0.4 is 5.32 Å². The molecule has 0 radical (unpaired) electrons. The first-order chi connectivity index (χ1) is 15.0. The van der Waals surface area contributed by atoms with Crippen molar-refractivity contribution in [2.75, 3.05) is 7.05 Å². The third-order valence-corrected chi connectivity index (χ3v) is 4.94. The number of rotatable bonds is 8. The summed E-state index contributed by atoms with van der Waals surface area (Å²) in [6.07, 6.45) is 4.00. The van der Waals surface area contributed by atoms with E-state index in [2.05, 4.69) is 5.32 Å². The molecular formula is C24H44N2O8. The fourth-order valence-corrected chi connectivity index (χ4v) is 2.91. The third kappa shape index (κ3) is 13.9. The van der Waals surface area contributed by atoms with E-state index >= 15 is 0 Å². The van der Waals surface area contributed by atoms with Crippen molar-refractivity contribution in [3.63, 3.8) is 0 Å². The van der Waals surface area contributed by atoms with Gasteiger partial charge in [0.1, 0.15) is 23.3 Å². The minimum Gasteiger partial charge on any atom is -0.480 e. The molecular weight excluding hydrogens is 444 g/mol. The number of alkyl carbamates (subject to hydrolysis) is 1. The molecule has 3 N–H and O–H groups in total. The Hall–Kier alpha value is -2.52. The van der Waals surface area contributed by atoms with Crippen LogP contribution >= 0.6 is 0 Å². The molecule has 2 aliphatic rings. The summed E-state index contributed by atoms with van der Waals surface area (Å²) in [5.74, 6) is -1.08. The average molecular weight is 489 g/mol. The Morgan fingerprint density at radius 3 is 1.65 bits per heavy atom. The third-order valence-electron chi connectivity index (χ3n) is 4.94. The van der Waals surface area contributed by atoms with E-state index in [1.54, 1.807) is 41.5 Å². The fraction of sp³-hybridized carbons (Fsp3) is 0.833. The van der Waals surface area contributed by atoms with Gasteiger partial charge >= 0.3 is 24.1 Å². The lowest BCUT2D eigenvalue weighted by molar-refractivity contribution is -0.143. The van der Waals surface area contributed by atoms with Crippen LogP contribution in [0.25, 0.3) is 0 Å². The number of nitrogens with zero attached hydrogens (tertiary/aromatic N) is 1. The van der Waals surface area contributed by atoms with Gasteiger partial charge in [0.05, 0.1) is 0 Å². The molecule has 2 amide bonds. The molecule has 2 atom stereocenters. The number of nitrogens with one attached hydrogen (secondary N) is 1. The summed E-state index contributed by atoms with van der Waals surface area (Å²) in [5.41, 5.74) is -1.21. The van der Waals surface area contributed by atoms with Crippen molar-refractivity contribution >= 4 is 24.1 Å². The van der Waals surface area contributed by atoms with Crippen LogP contribution in [-0.2, 0) is 19.1 Å². The van der Waals surface area contributed by atoms with Crippen molar-refractivity contribution in [2.45, 2.75) is 111 Å². The Bertz CT molecular complexity index is 703. The quantitative estimate of drug-likeness (QED) is 0.453. The van der Waals surface area contributed by atoms with Crippen molar-refractivity contribution in [2.24, 2.45) is 11.8 Å². The predicted octanol–water partition coefficient (Wildman–Crippen LogP) is 4.51. The minimum atomic E-state index is -1.00. The van der Waals surface area contributed by atoms with Crippen LogP contribution in [0.15, 0.2) is 0 Å². The smallest absolute Gasteiger partial charge is 0.410 e. The first kappa shape index (κ1) is 31.5. The zero-order valence-electron chi connectivity index (χ0n) is 20.8. The number of carboxylic acids is 2. The summed E-state index contributed by atoms with van der Waals surface area (Å²) in [6, 6.07) is -1.61. The van der Waals surface area contributed by atoms with Crippen LogP contribution in [0.1, 0.15) is 87.5 Å². The summed E-state index contributed by atoms with van der Waals surface area (Å²) >= 11 is 0. The second kappa shape index (κ2) is 12.8. The summed E-state index contributed by atoms with van der Waals surface area (Å²) in [6.45, 7) is 10.5. The second-order valence-corrected chi connectivity index (χ2v) is 10.8. The number of carbonyl (C=O) groups excluding carboxylic acids is 2. The summed E-state index contributed by atoms with van der Waals surface area (Å²) in [7, 11) is 1.48. The highest BCUT2D eigenvalue weighted by Crippen LogP contribution is 2.35. The van der Waals surface area contributed by atoms with Gasteiger partial charge in [-0.15, -0.1) is 0 Å². The molecule has 198 valence electrons. The van der Waals surface area contributed by atoms with Crippen molar-refractivity contribution in [1.29, 1.82) is 0 Å². The molecule has 0 unspecified atom stereocenters. The van der Waals surface area contributed by atoms with Gasteiger partial charge in [-0.2, -0.15) is 0 Å². The highest BCUT2D eigenvalue weighted by Gasteiger charge is 2.35. The van der Waals surface area contributed by atoms with E-state index in [9.17, 15) is 19.2 Å². The normalized spacial score (nSPS) is 17.0. The van der Waals surface area contributed by atoms with Crippen molar-refractivity contribution in [3.8, 4) is 0 Å². The van der Waals surface area contributed by atoms with Gasteiger partial charge < -0.3 is 25.0 Å². The zero-order chi connectivity index (χ0) is 25.6. The Balaban J connectivity index is 0.000000623. The molecule has 0 spiro atoms. The molecule has 0 aromatic rings.